The van der Waals surface area contributed by atoms with Gasteiger partial charge in [0.15, 0.2) is 6.10 Å². The van der Waals surface area contributed by atoms with E-state index < -0.39 is 54.0 Å². The van der Waals surface area contributed by atoms with Gasteiger partial charge < -0.3 is 15.8 Å². The predicted octanol–water partition coefficient (Wildman–Crippen LogP) is 0.250. The van der Waals surface area contributed by atoms with Crippen LogP contribution < -0.4 is 16.4 Å². The molecule has 2 fully saturated rings. The van der Waals surface area contributed by atoms with E-state index >= 15 is 0 Å². The zero-order valence-electron chi connectivity index (χ0n) is 15.7. The first-order chi connectivity index (χ1) is 12.6. The second-order valence-corrected chi connectivity index (χ2v) is 7.45. The molecule has 0 aromatic carbocycles. The number of hydrogen-bond acceptors (Lipinski definition) is 6. The summed E-state index contributed by atoms with van der Waals surface area (Å²) in [5, 5.41) is 4.59. The summed E-state index contributed by atoms with van der Waals surface area (Å²) < 4.78 is 5.10. The second kappa shape index (κ2) is 7.93. The summed E-state index contributed by atoms with van der Waals surface area (Å²) in [5.74, 6) is -2.70. The van der Waals surface area contributed by atoms with Gasteiger partial charge in [-0.05, 0) is 24.7 Å². The van der Waals surface area contributed by atoms with E-state index in [1.165, 1.54) is 0 Å². The van der Waals surface area contributed by atoms with E-state index in [9.17, 15) is 24.0 Å². The highest BCUT2D eigenvalue weighted by Crippen LogP contribution is 2.38. The lowest BCUT2D eigenvalue weighted by atomic mass is 9.73. The normalized spacial score (nSPS) is 26.1. The molecule has 4 N–H and O–H groups in total. The number of imide groups is 2. The number of carbonyl (C=O) groups is 5. The number of primary amides is 1. The number of hydrogen-bond donors (Lipinski definition) is 3. The molecule has 3 atom stereocenters. The Kier molecular flexibility index (Phi) is 6.07. The van der Waals surface area contributed by atoms with Crippen LogP contribution in [0.5, 0.6) is 0 Å². The number of carbonyl (C=O) groups excluding carboxylic acids is 5. The van der Waals surface area contributed by atoms with Crippen LogP contribution in [-0.2, 0) is 19.1 Å². The van der Waals surface area contributed by atoms with Crippen LogP contribution in [0, 0.1) is 11.8 Å². The smallest absolute Gasteiger partial charge is 0.327 e. The lowest BCUT2D eigenvalue weighted by Crippen LogP contribution is -2.54. The Bertz CT molecular complexity index is 664. The topological polar surface area (TPSA) is 148 Å². The van der Waals surface area contributed by atoms with Crippen molar-refractivity contribution < 1.29 is 28.7 Å². The summed E-state index contributed by atoms with van der Waals surface area (Å²) in [6.45, 7) is 4.53. The summed E-state index contributed by atoms with van der Waals surface area (Å²) >= 11 is 0. The van der Waals surface area contributed by atoms with Crippen molar-refractivity contribution in [3.05, 3.63) is 0 Å². The predicted molar refractivity (Wildman–Crippen MR) is 93.1 cm³/mol. The van der Waals surface area contributed by atoms with Crippen molar-refractivity contribution in [1.29, 1.82) is 0 Å². The molecular weight excluding hydrogens is 356 g/mol. The monoisotopic (exact) mass is 382 g/mol. The molecule has 0 aromatic rings. The fourth-order valence-electron chi connectivity index (χ4n) is 3.63. The van der Waals surface area contributed by atoms with Crippen molar-refractivity contribution in [3.63, 3.8) is 0 Å². The van der Waals surface area contributed by atoms with E-state index in [1.807, 2.05) is 12.2 Å². The van der Waals surface area contributed by atoms with Crippen molar-refractivity contribution in [2.75, 3.05) is 6.54 Å². The Labute approximate surface area is 157 Å². The molecule has 150 valence electrons. The number of ether oxygens (including phenoxy) is 1. The Morgan fingerprint density at radius 2 is 2.00 bits per heavy atom. The van der Waals surface area contributed by atoms with Crippen LogP contribution in [-0.4, -0.2) is 52.9 Å². The van der Waals surface area contributed by atoms with Crippen LogP contribution >= 0.6 is 0 Å². The number of nitrogens with one attached hydrogen (secondary N) is 2. The maximum Gasteiger partial charge on any atom is 0.327 e. The third kappa shape index (κ3) is 4.20. The molecule has 0 aromatic heterocycles. The van der Waals surface area contributed by atoms with E-state index in [0.29, 0.717) is 6.42 Å². The standard InChI is InChI=1S/C17H26N4O6/c1-9(2)12(13(23)19-15(18)25)27-11(22)8-21-14(24)17(20-16(21)26)7-5-4-6-10(17)3/h9-10,12H,4-8H2,1-3H3,(H,20,26)(H3,18,19,23,25)/t10-,12-,17-/m0/s1. The fraction of sp³-hybridized carbons (Fsp3) is 0.706. The van der Waals surface area contributed by atoms with Crippen molar-refractivity contribution in [2.24, 2.45) is 17.6 Å². The molecule has 0 bridgehead atoms. The molecule has 6 amide bonds. The van der Waals surface area contributed by atoms with Crippen molar-refractivity contribution >= 4 is 29.8 Å². The molecule has 1 aliphatic carbocycles. The van der Waals surface area contributed by atoms with Crippen LogP contribution in [0.4, 0.5) is 9.59 Å². The minimum Gasteiger partial charge on any atom is -0.451 e. The summed E-state index contributed by atoms with van der Waals surface area (Å²) in [5.41, 5.74) is 3.93. The molecule has 1 spiro atoms. The van der Waals surface area contributed by atoms with Gasteiger partial charge in [0, 0.05) is 0 Å². The average Bonchev–Trinajstić information content (AvgIpc) is 2.79. The van der Waals surface area contributed by atoms with E-state index in [0.717, 1.165) is 24.2 Å². The van der Waals surface area contributed by atoms with Crippen molar-refractivity contribution in [2.45, 2.75) is 58.1 Å². The highest BCUT2D eigenvalue weighted by molar-refractivity contribution is 6.09. The Morgan fingerprint density at radius 3 is 2.56 bits per heavy atom. The number of amides is 6. The zero-order valence-corrected chi connectivity index (χ0v) is 15.7. The first-order valence-corrected chi connectivity index (χ1v) is 9.02. The Balaban J connectivity index is 2.06. The Morgan fingerprint density at radius 1 is 1.33 bits per heavy atom. The maximum atomic E-state index is 12.8. The molecule has 0 radical (unpaired) electrons. The first kappa shape index (κ1) is 20.7. The molecule has 10 heteroatoms. The van der Waals surface area contributed by atoms with Gasteiger partial charge in [-0.25, -0.2) is 9.59 Å². The summed E-state index contributed by atoms with van der Waals surface area (Å²) in [6.07, 6.45) is 1.87. The molecule has 10 nitrogen and oxygen atoms in total. The molecule has 2 aliphatic rings. The molecular formula is C17H26N4O6. The fourth-order valence-corrected chi connectivity index (χ4v) is 3.63. The van der Waals surface area contributed by atoms with Crippen molar-refractivity contribution in [3.8, 4) is 0 Å². The SMILES string of the molecule is CC(C)[C@H](OC(=O)CN1C(=O)N[C@]2(CCCC[C@@H]2C)C1=O)C(=O)NC(N)=O. The molecule has 27 heavy (non-hydrogen) atoms. The molecule has 0 unspecified atom stereocenters. The molecule has 1 heterocycles. The second-order valence-electron chi connectivity index (χ2n) is 7.45. The van der Waals surface area contributed by atoms with E-state index in [2.05, 4.69) is 5.32 Å². The number of nitrogens with zero attached hydrogens (tertiary/aromatic N) is 1. The quantitative estimate of drug-likeness (QED) is 0.458. The van der Waals surface area contributed by atoms with Gasteiger partial charge in [-0.3, -0.25) is 24.6 Å². The van der Waals surface area contributed by atoms with Crippen LogP contribution in [0.3, 0.4) is 0 Å². The molecule has 1 aliphatic heterocycles. The minimum atomic E-state index is -1.27. The number of rotatable bonds is 5. The van der Waals surface area contributed by atoms with Gasteiger partial charge in [0.05, 0.1) is 0 Å². The number of esters is 1. The third-order valence-corrected chi connectivity index (χ3v) is 5.16. The van der Waals surface area contributed by atoms with Gasteiger partial charge >= 0.3 is 18.0 Å². The number of nitrogens with two attached hydrogens (primary N) is 1. The molecule has 1 saturated carbocycles. The van der Waals surface area contributed by atoms with Gasteiger partial charge in [0.1, 0.15) is 12.1 Å². The van der Waals surface area contributed by atoms with Gasteiger partial charge in [-0.2, -0.15) is 0 Å². The minimum absolute atomic E-state index is 0.0338. The van der Waals surface area contributed by atoms with E-state index in [4.69, 9.17) is 10.5 Å². The number of urea groups is 2. The van der Waals surface area contributed by atoms with Crippen LogP contribution in [0.2, 0.25) is 0 Å². The third-order valence-electron chi connectivity index (χ3n) is 5.16. The van der Waals surface area contributed by atoms with Crippen molar-refractivity contribution in [1.82, 2.24) is 15.5 Å². The summed E-state index contributed by atoms with van der Waals surface area (Å²) in [4.78, 5) is 61.0. The highest BCUT2D eigenvalue weighted by Gasteiger charge is 2.55. The lowest BCUT2D eigenvalue weighted by molar-refractivity contribution is -0.160. The van der Waals surface area contributed by atoms with Gasteiger partial charge in [0.25, 0.3) is 11.8 Å². The summed E-state index contributed by atoms with van der Waals surface area (Å²) in [6, 6.07) is -1.71. The van der Waals surface area contributed by atoms with Gasteiger partial charge in [-0.15, -0.1) is 0 Å². The summed E-state index contributed by atoms with van der Waals surface area (Å²) in [7, 11) is 0. The Hall–Kier alpha value is -2.65. The van der Waals surface area contributed by atoms with Gasteiger partial charge in [-0.1, -0.05) is 33.6 Å². The largest absolute Gasteiger partial charge is 0.451 e. The molecule has 1 saturated heterocycles. The highest BCUT2D eigenvalue weighted by atomic mass is 16.5. The average molecular weight is 382 g/mol. The van der Waals surface area contributed by atoms with E-state index in [-0.39, 0.29) is 5.92 Å². The van der Waals surface area contributed by atoms with E-state index in [1.54, 1.807) is 13.8 Å². The van der Waals surface area contributed by atoms with Crippen LogP contribution in [0.1, 0.15) is 46.5 Å². The van der Waals surface area contributed by atoms with Crippen LogP contribution in [0.15, 0.2) is 0 Å². The van der Waals surface area contributed by atoms with Gasteiger partial charge in [0.2, 0.25) is 0 Å². The molecule has 2 rings (SSSR count). The first-order valence-electron chi connectivity index (χ1n) is 9.02. The van der Waals surface area contributed by atoms with Crippen LogP contribution in [0.25, 0.3) is 0 Å². The maximum absolute atomic E-state index is 12.8. The lowest BCUT2D eigenvalue weighted by Gasteiger charge is -2.36. The zero-order chi connectivity index (χ0) is 20.4.